The van der Waals surface area contributed by atoms with Gasteiger partial charge in [-0.25, -0.2) is 13.8 Å². The Hall–Kier alpha value is -1.74. The van der Waals surface area contributed by atoms with Crippen LogP contribution in [0.15, 0.2) is 12.3 Å². The van der Waals surface area contributed by atoms with Crippen LogP contribution in [-0.4, -0.2) is 24.0 Å². The van der Waals surface area contributed by atoms with E-state index in [1.54, 1.807) is 13.0 Å². The van der Waals surface area contributed by atoms with Crippen molar-refractivity contribution < 1.29 is 8.78 Å². The van der Waals surface area contributed by atoms with Crippen molar-refractivity contribution in [2.24, 2.45) is 5.73 Å². The third-order valence-corrected chi connectivity index (χ3v) is 2.08. The number of halogens is 2. The molecule has 0 fully saturated rings. The average molecular weight is 226 g/mol. The van der Waals surface area contributed by atoms with Gasteiger partial charge in [0, 0.05) is 6.20 Å². The van der Waals surface area contributed by atoms with E-state index in [1.807, 2.05) is 6.07 Å². The summed E-state index contributed by atoms with van der Waals surface area (Å²) in [4.78, 5) is 3.84. The molecule has 1 rings (SSSR count). The van der Waals surface area contributed by atoms with Crippen molar-refractivity contribution in [1.82, 2.24) is 4.98 Å². The Labute approximate surface area is 92.1 Å². The second kappa shape index (κ2) is 4.86. The summed E-state index contributed by atoms with van der Waals surface area (Å²) in [5, 5.41) is 11.3. The van der Waals surface area contributed by atoms with Crippen molar-refractivity contribution >= 4 is 5.82 Å². The van der Waals surface area contributed by atoms with Gasteiger partial charge in [0.1, 0.15) is 11.9 Å². The molecule has 0 amide bonds. The first-order valence-electron chi connectivity index (χ1n) is 4.67. The number of alkyl halides is 2. The van der Waals surface area contributed by atoms with E-state index < -0.39 is 19.0 Å². The molecule has 0 aromatic carbocycles. The predicted octanol–water partition coefficient (Wildman–Crippen LogP) is 1.27. The summed E-state index contributed by atoms with van der Waals surface area (Å²) in [7, 11) is 0. The Morgan fingerprint density at radius 2 is 2.31 bits per heavy atom. The van der Waals surface area contributed by atoms with E-state index in [2.05, 4.69) is 10.3 Å². The molecule has 6 heteroatoms. The lowest BCUT2D eigenvalue weighted by Crippen LogP contribution is -2.35. The number of hydrogen-bond donors (Lipinski definition) is 2. The van der Waals surface area contributed by atoms with E-state index in [0.29, 0.717) is 5.56 Å². The number of nitriles is 1. The van der Waals surface area contributed by atoms with Crippen LogP contribution in [-0.2, 0) is 0 Å². The molecule has 0 saturated heterocycles. The third-order valence-electron chi connectivity index (χ3n) is 2.08. The van der Waals surface area contributed by atoms with Gasteiger partial charge in [0.2, 0.25) is 0 Å². The zero-order chi connectivity index (χ0) is 12.2. The highest BCUT2D eigenvalue weighted by Gasteiger charge is 2.26. The van der Waals surface area contributed by atoms with Crippen LogP contribution in [0.25, 0.3) is 0 Å². The lowest BCUT2D eigenvalue weighted by atomic mass is 10.1. The zero-order valence-corrected chi connectivity index (χ0v) is 8.80. The fourth-order valence-electron chi connectivity index (χ4n) is 1.12. The summed E-state index contributed by atoms with van der Waals surface area (Å²) in [6.45, 7) is 0.342. The van der Waals surface area contributed by atoms with E-state index in [1.165, 1.54) is 6.20 Å². The van der Waals surface area contributed by atoms with Gasteiger partial charge in [-0.2, -0.15) is 5.26 Å². The number of rotatable bonds is 4. The van der Waals surface area contributed by atoms with Crippen LogP contribution in [0, 0.1) is 18.3 Å². The van der Waals surface area contributed by atoms with Crippen LogP contribution in [0.3, 0.4) is 0 Å². The maximum absolute atomic E-state index is 12.9. The summed E-state index contributed by atoms with van der Waals surface area (Å²) in [5.74, 6) is -2.84. The van der Waals surface area contributed by atoms with E-state index in [9.17, 15) is 8.78 Å². The molecule has 1 heterocycles. The molecule has 0 saturated carbocycles. The molecule has 0 aliphatic carbocycles. The summed E-state index contributed by atoms with van der Waals surface area (Å²) < 4.78 is 25.8. The van der Waals surface area contributed by atoms with E-state index >= 15 is 0 Å². The molecule has 86 valence electrons. The Bertz CT molecular complexity index is 412. The minimum atomic E-state index is -3.00. The Morgan fingerprint density at radius 1 is 1.62 bits per heavy atom. The normalized spacial score (nSPS) is 10.9. The van der Waals surface area contributed by atoms with Crippen LogP contribution in [0.4, 0.5) is 14.6 Å². The lowest BCUT2D eigenvalue weighted by Gasteiger charge is -2.15. The predicted molar refractivity (Wildman–Crippen MR) is 56.2 cm³/mol. The van der Waals surface area contributed by atoms with Crippen LogP contribution in [0.1, 0.15) is 11.1 Å². The minimum absolute atomic E-state index is 0.163. The van der Waals surface area contributed by atoms with Gasteiger partial charge in [-0.1, -0.05) is 0 Å². The topological polar surface area (TPSA) is 74.7 Å². The molecule has 4 nitrogen and oxygen atoms in total. The van der Waals surface area contributed by atoms with Gasteiger partial charge in [-0.15, -0.1) is 0 Å². The maximum atomic E-state index is 12.9. The van der Waals surface area contributed by atoms with Crippen molar-refractivity contribution in [2.75, 3.05) is 18.4 Å². The largest absolute Gasteiger partial charge is 0.363 e. The van der Waals surface area contributed by atoms with Crippen LogP contribution < -0.4 is 11.1 Å². The average Bonchev–Trinajstić information content (AvgIpc) is 2.26. The summed E-state index contributed by atoms with van der Waals surface area (Å²) in [6.07, 6.45) is 1.46. The number of aromatic nitrogens is 1. The smallest absolute Gasteiger partial charge is 0.276 e. The number of aryl methyl sites for hydroxylation is 1. The van der Waals surface area contributed by atoms with Gasteiger partial charge in [-0.3, -0.25) is 0 Å². The molecule has 16 heavy (non-hydrogen) atoms. The first-order chi connectivity index (χ1) is 7.50. The molecule has 1 aromatic heterocycles. The Morgan fingerprint density at radius 3 is 2.88 bits per heavy atom. The Balaban J connectivity index is 2.83. The van der Waals surface area contributed by atoms with Crippen molar-refractivity contribution in [3.63, 3.8) is 0 Å². The highest BCUT2D eigenvalue weighted by atomic mass is 19.3. The molecule has 0 radical (unpaired) electrons. The van der Waals surface area contributed by atoms with Crippen molar-refractivity contribution in [2.45, 2.75) is 12.8 Å². The second-order valence-corrected chi connectivity index (χ2v) is 3.38. The van der Waals surface area contributed by atoms with Crippen molar-refractivity contribution in [3.05, 3.63) is 23.4 Å². The van der Waals surface area contributed by atoms with Gasteiger partial charge in [0.05, 0.1) is 18.7 Å². The molecule has 0 bridgehead atoms. The molecule has 0 aliphatic heterocycles. The van der Waals surface area contributed by atoms with Crippen molar-refractivity contribution in [3.8, 4) is 6.07 Å². The minimum Gasteiger partial charge on any atom is -0.363 e. The molecular formula is C10H12F2N4. The summed E-state index contributed by atoms with van der Waals surface area (Å²) in [5.41, 5.74) is 5.86. The number of hydrogen-bond acceptors (Lipinski definition) is 4. The zero-order valence-electron chi connectivity index (χ0n) is 8.80. The number of nitrogens with two attached hydrogens (primary N) is 1. The molecule has 0 spiro atoms. The highest BCUT2D eigenvalue weighted by Crippen LogP contribution is 2.17. The molecule has 0 aliphatic rings. The molecule has 1 aromatic rings. The quantitative estimate of drug-likeness (QED) is 0.810. The standard InChI is InChI=1S/C10H12F2N4/c1-7-2-3-15-9(8(7)4-13)16-6-10(11,12)5-14/h2-3H,5-6,14H2,1H3,(H,15,16). The number of anilines is 1. The first kappa shape index (κ1) is 12.3. The number of nitrogens with zero attached hydrogens (tertiary/aromatic N) is 2. The van der Waals surface area contributed by atoms with Gasteiger partial charge < -0.3 is 11.1 Å². The second-order valence-electron chi connectivity index (χ2n) is 3.38. The summed E-state index contributed by atoms with van der Waals surface area (Å²) in [6, 6.07) is 3.56. The molecular weight excluding hydrogens is 214 g/mol. The lowest BCUT2D eigenvalue weighted by molar-refractivity contribution is 0.0253. The number of pyridine rings is 1. The van der Waals surface area contributed by atoms with Gasteiger partial charge in [0.15, 0.2) is 0 Å². The fraction of sp³-hybridized carbons (Fsp3) is 0.400. The summed E-state index contributed by atoms with van der Waals surface area (Å²) >= 11 is 0. The first-order valence-corrected chi connectivity index (χ1v) is 4.67. The van der Waals surface area contributed by atoms with Gasteiger partial charge in [0.25, 0.3) is 5.92 Å². The van der Waals surface area contributed by atoms with Crippen LogP contribution >= 0.6 is 0 Å². The van der Waals surface area contributed by atoms with E-state index in [-0.39, 0.29) is 11.4 Å². The fourth-order valence-corrected chi connectivity index (χ4v) is 1.12. The SMILES string of the molecule is Cc1ccnc(NCC(F)(F)CN)c1C#N. The Kier molecular flexibility index (Phi) is 3.74. The van der Waals surface area contributed by atoms with Crippen molar-refractivity contribution in [1.29, 1.82) is 5.26 Å². The molecule has 0 atom stereocenters. The van der Waals surface area contributed by atoms with E-state index in [0.717, 1.165) is 0 Å². The van der Waals surface area contributed by atoms with Gasteiger partial charge >= 0.3 is 0 Å². The van der Waals surface area contributed by atoms with E-state index in [4.69, 9.17) is 11.0 Å². The third kappa shape index (κ3) is 2.87. The monoisotopic (exact) mass is 226 g/mol. The molecule has 3 N–H and O–H groups in total. The van der Waals surface area contributed by atoms with Crippen LogP contribution in [0.2, 0.25) is 0 Å². The van der Waals surface area contributed by atoms with Gasteiger partial charge in [-0.05, 0) is 18.6 Å². The van der Waals surface area contributed by atoms with Crippen LogP contribution in [0.5, 0.6) is 0 Å². The highest BCUT2D eigenvalue weighted by molar-refractivity contribution is 5.55. The number of nitrogens with one attached hydrogen (secondary N) is 1. The molecule has 0 unspecified atom stereocenters. The maximum Gasteiger partial charge on any atom is 0.276 e.